The Kier molecular flexibility index (Phi) is 3.88. The number of hydroxylamine groups is 1. The molecule has 1 amide bonds. The van der Waals surface area contributed by atoms with E-state index in [1.54, 1.807) is 0 Å². The lowest BCUT2D eigenvalue weighted by Crippen LogP contribution is -2.31. The smallest absolute Gasteiger partial charge is 0.271 e. The van der Waals surface area contributed by atoms with Gasteiger partial charge >= 0.3 is 5.69 Å². The van der Waals surface area contributed by atoms with E-state index in [0.717, 1.165) is 31.9 Å². The molecule has 0 radical (unpaired) electrons. The molecule has 0 aliphatic heterocycles. The Balaban J connectivity index is 1.77. The van der Waals surface area contributed by atoms with Gasteiger partial charge in [0.15, 0.2) is 0 Å². The van der Waals surface area contributed by atoms with Crippen LogP contribution in [0, 0.1) is 10.1 Å². The Morgan fingerprint density at radius 3 is 2.94 bits per heavy atom. The maximum Gasteiger partial charge on any atom is 0.307 e. The van der Waals surface area contributed by atoms with Crippen LogP contribution in [0.25, 0.3) is 0 Å². The molecule has 1 aromatic rings. The minimum atomic E-state index is -0.559. The van der Waals surface area contributed by atoms with Gasteiger partial charge in [0.1, 0.15) is 18.9 Å². The first-order valence-electron chi connectivity index (χ1n) is 5.76. The molecule has 1 heterocycles. The van der Waals surface area contributed by atoms with Crippen LogP contribution in [0.1, 0.15) is 25.7 Å². The number of hydrogen-bond acceptors (Lipinski definition) is 5. The number of aromatic nitrogens is 2. The average molecular weight is 254 g/mol. The highest BCUT2D eigenvalue weighted by molar-refractivity contribution is 5.74. The van der Waals surface area contributed by atoms with Crippen LogP contribution in [0.5, 0.6) is 0 Å². The molecule has 1 N–H and O–H groups in total. The van der Waals surface area contributed by atoms with Crippen LogP contribution in [-0.4, -0.2) is 26.7 Å². The van der Waals surface area contributed by atoms with E-state index >= 15 is 0 Å². The van der Waals surface area contributed by atoms with Crippen molar-refractivity contribution >= 4 is 11.6 Å². The van der Waals surface area contributed by atoms with E-state index in [-0.39, 0.29) is 24.2 Å². The van der Waals surface area contributed by atoms with Gasteiger partial charge in [0, 0.05) is 0 Å². The van der Waals surface area contributed by atoms with E-state index in [1.807, 2.05) is 0 Å². The minimum absolute atomic E-state index is 0.0842. The lowest BCUT2D eigenvalue weighted by molar-refractivity contribution is -0.385. The van der Waals surface area contributed by atoms with Crippen molar-refractivity contribution in [2.75, 3.05) is 0 Å². The second kappa shape index (κ2) is 5.58. The normalized spacial score (nSPS) is 15.8. The molecule has 0 spiro atoms. The molecule has 8 nitrogen and oxygen atoms in total. The number of carbonyl (C=O) groups excluding carboxylic acids is 1. The predicted molar refractivity (Wildman–Crippen MR) is 60.4 cm³/mol. The second-order valence-electron chi connectivity index (χ2n) is 4.20. The highest BCUT2D eigenvalue weighted by Gasteiger charge is 2.17. The zero-order chi connectivity index (χ0) is 13.0. The molecule has 0 unspecified atom stereocenters. The van der Waals surface area contributed by atoms with Gasteiger partial charge < -0.3 is 0 Å². The van der Waals surface area contributed by atoms with Gasteiger partial charge in [-0.1, -0.05) is 12.8 Å². The number of nitrogens with one attached hydrogen (secondary N) is 1. The van der Waals surface area contributed by atoms with Crippen LogP contribution in [0.4, 0.5) is 5.69 Å². The molecular formula is C10H14N4O4. The van der Waals surface area contributed by atoms with Crippen molar-refractivity contribution in [3.63, 3.8) is 0 Å². The molecule has 98 valence electrons. The number of amides is 1. The van der Waals surface area contributed by atoms with Gasteiger partial charge in [0.2, 0.25) is 0 Å². The molecule has 0 saturated heterocycles. The fraction of sp³-hybridized carbons (Fsp3) is 0.600. The van der Waals surface area contributed by atoms with Crippen molar-refractivity contribution in [1.29, 1.82) is 0 Å². The Hall–Kier alpha value is -1.96. The van der Waals surface area contributed by atoms with Crippen LogP contribution in [0.3, 0.4) is 0 Å². The van der Waals surface area contributed by atoms with Gasteiger partial charge in [-0.15, -0.1) is 0 Å². The van der Waals surface area contributed by atoms with Crippen molar-refractivity contribution in [2.45, 2.75) is 38.3 Å². The second-order valence-corrected chi connectivity index (χ2v) is 4.20. The zero-order valence-electron chi connectivity index (χ0n) is 9.74. The summed E-state index contributed by atoms with van der Waals surface area (Å²) in [6.45, 7) is -0.0967. The summed E-state index contributed by atoms with van der Waals surface area (Å²) in [5, 5.41) is 14.1. The van der Waals surface area contributed by atoms with E-state index in [4.69, 9.17) is 4.84 Å². The Labute approximate surface area is 103 Å². The number of nitro groups is 1. The maximum atomic E-state index is 11.5. The maximum absolute atomic E-state index is 11.5. The monoisotopic (exact) mass is 254 g/mol. The van der Waals surface area contributed by atoms with Crippen LogP contribution in [-0.2, 0) is 16.2 Å². The molecule has 18 heavy (non-hydrogen) atoms. The molecule has 1 aromatic heterocycles. The highest BCUT2D eigenvalue weighted by atomic mass is 16.7. The molecule has 8 heteroatoms. The van der Waals surface area contributed by atoms with Crippen LogP contribution in [0.2, 0.25) is 0 Å². The molecule has 1 fully saturated rings. The Bertz CT molecular complexity index is 439. The van der Waals surface area contributed by atoms with E-state index in [1.165, 1.54) is 10.9 Å². The quantitative estimate of drug-likeness (QED) is 0.618. The Morgan fingerprint density at radius 1 is 1.61 bits per heavy atom. The van der Waals surface area contributed by atoms with Gasteiger partial charge in [-0.3, -0.25) is 24.4 Å². The lowest BCUT2D eigenvalue weighted by atomic mass is 10.3. The first-order valence-corrected chi connectivity index (χ1v) is 5.76. The van der Waals surface area contributed by atoms with Crippen molar-refractivity contribution in [2.24, 2.45) is 0 Å². The fourth-order valence-electron chi connectivity index (χ4n) is 1.87. The van der Waals surface area contributed by atoms with Gasteiger partial charge in [-0.25, -0.2) is 5.48 Å². The summed E-state index contributed by atoms with van der Waals surface area (Å²) in [6.07, 6.45) is 6.53. The van der Waals surface area contributed by atoms with Gasteiger partial charge in [0.05, 0.1) is 11.0 Å². The molecule has 0 bridgehead atoms. The first kappa shape index (κ1) is 12.5. The van der Waals surface area contributed by atoms with Gasteiger partial charge in [-0.2, -0.15) is 5.10 Å². The summed E-state index contributed by atoms with van der Waals surface area (Å²) < 4.78 is 1.20. The van der Waals surface area contributed by atoms with E-state index in [0.29, 0.717) is 0 Å². The molecule has 0 atom stereocenters. The van der Waals surface area contributed by atoms with Crippen LogP contribution in [0.15, 0.2) is 12.4 Å². The highest BCUT2D eigenvalue weighted by Crippen LogP contribution is 2.19. The van der Waals surface area contributed by atoms with Crippen LogP contribution < -0.4 is 5.48 Å². The Morgan fingerprint density at radius 2 is 2.33 bits per heavy atom. The van der Waals surface area contributed by atoms with Gasteiger partial charge in [-0.05, 0) is 12.8 Å². The molecule has 1 saturated carbocycles. The first-order chi connectivity index (χ1) is 8.65. The number of rotatable bonds is 5. The summed E-state index contributed by atoms with van der Waals surface area (Å²) in [7, 11) is 0. The average Bonchev–Trinajstić information content (AvgIpc) is 2.96. The van der Waals surface area contributed by atoms with Crippen molar-refractivity contribution in [3.8, 4) is 0 Å². The molecule has 1 aliphatic carbocycles. The zero-order valence-corrected chi connectivity index (χ0v) is 9.74. The number of nitrogens with zero attached hydrogens (tertiary/aromatic N) is 3. The standard InChI is InChI=1S/C10H14N4O4/c15-10(12-18-9-3-1-2-4-9)7-13-6-8(5-11-13)14(16)17/h5-6,9H,1-4,7H2,(H,12,15). The minimum Gasteiger partial charge on any atom is -0.271 e. The van der Waals surface area contributed by atoms with E-state index in [2.05, 4.69) is 10.6 Å². The molecule has 2 rings (SSSR count). The molecule has 1 aliphatic rings. The summed E-state index contributed by atoms with van der Waals surface area (Å²) in [5.41, 5.74) is 2.20. The lowest BCUT2D eigenvalue weighted by Gasteiger charge is -2.10. The summed E-state index contributed by atoms with van der Waals surface area (Å²) in [6, 6.07) is 0. The van der Waals surface area contributed by atoms with E-state index < -0.39 is 4.92 Å². The number of hydrogen-bond donors (Lipinski definition) is 1. The largest absolute Gasteiger partial charge is 0.307 e. The third kappa shape index (κ3) is 3.27. The third-order valence-electron chi connectivity index (χ3n) is 2.78. The molecular weight excluding hydrogens is 240 g/mol. The summed E-state index contributed by atoms with van der Waals surface area (Å²) in [5.74, 6) is -0.375. The van der Waals surface area contributed by atoms with Crippen molar-refractivity contribution in [1.82, 2.24) is 15.3 Å². The topological polar surface area (TPSA) is 99.3 Å². The number of carbonyl (C=O) groups is 1. The van der Waals surface area contributed by atoms with E-state index in [9.17, 15) is 14.9 Å². The fourth-order valence-corrected chi connectivity index (χ4v) is 1.87. The predicted octanol–water partition coefficient (Wildman–Crippen LogP) is 0.782. The summed E-state index contributed by atoms with van der Waals surface area (Å²) in [4.78, 5) is 26.6. The third-order valence-corrected chi connectivity index (χ3v) is 2.78. The SMILES string of the molecule is O=C(Cn1cc([N+](=O)[O-])cn1)NOC1CCCC1. The van der Waals surface area contributed by atoms with Crippen LogP contribution >= 0.6 is 0 Å². The van der Waals surface area contributed by atoms with Crippen molar-refractivity contribution in [3.05, 3.63) is 22.5 Å². The van der Waals surface area contributed by atoms with Crippen molar-refractivity contribution < 1.29 is 14.6 Å². The molecule has 0 aromatic carbocycles. The van der Waals surface area contributed by atoms with Gasteiger partial charge in [0.25, 0.3) is 5.91 Å². The summed E-state index contributed by atoms with van der Waals surface area (Å²) >= 11 is 0.